The van der Waals surface area contributed by atoms with Crippen molar-refractivity contribution in [3.05, 3.63) is 12.7 Å². The van der Waals surface area contributed by atoms with E-state index in [0.29, 0.717) is 12.8 Å². The van der Waals surface area contributed by atoms with Crippen LogP contribution in [0, 0.1) is 0 Å². The highest BCUT2D eigenvalue weighted by molar-refractivity contribution is 4.81. The van der Waals surface area contributed by atoms with Crippen LogP contribution in [-0.2, 0) is 47.4 Å². The third-order valence-electron chi connectivity index (χ3n) is 9.62. The van der Waals surface area contributed by atoms with Gasteiger partial charge in [-0.2, -0.15) is 0 Å². The van der Waals surface area contributed by atoms with Gasteiger partial charge in [0.1, 0.15) is 0 Å². The first kappa shape index (κ1) is 46.3. The first-order valence-electron chi connectivity index (χ1n) is 17.6. The van der Waals surface area contributed by atoms with Crippen LogP contribution in [0.15, 0.2) is 12.7 Å². The summed E-state index contributed by atoms with van der Waals surface area (Å²) in [4.78, 5) is 0. The predicted molar refractivity (Wildman–Crippen MR) is 188 cm³/mol. The molecule has 10 nitrogen and oxygen atoms in total. The zero-order valence-electron chi connectivity index (χ0n) is 32.0. The summed E-state index contributed by atoms with van der Waals surface area (Å²) in [5.74, 6) is 0. The Kier molecular flexibility index (Phi) is 29.8. The number of rotatable bonds is 34. The molecule has 10 atom stereocenters. The van der Waals surface area contributed by atoms with E-state index in [1.54, 1.807) is 71.1 Å². The third-order valence-corrected chi connectivity index (χ3v) is 9.62. The average Bonchev–Trinajstić information content (AvgIpc) is 3.10. The normalized spacial score (nSPS) is 18.5. The highest BCUT2D eigenvalue weighted by atomic mass is 16.5. The first-order chi connectivity index (χ1) is 22.7. The highest BCUT2D eigenvalue weighted by Crippen LogP contribution is 2.25. The van der Waals surface area contributed by atoms with Gasteiger partial charge in [-0.15, -0.1) is 6.58 Å². The molecule has 10 heteroatoms. The van der Waals surface area contributed by atoms with Gasteiger partial charge in [0.15, 0.2) is 0 Å². The van der Waals surface area contributed by atoms with E-state index >= 15 is 0 Å². The van der Waals surface area contributed by atoms with Crippen molar-refractivity contribution in [2.24, 2.45) is 0 Å². The minimum absolute atomic E-state index is 0.00622. The van der Waals surface area contributed by atoms with E-state index in [0.717, 1.165) is 57.8 Å². The minimum Gasteiger partial charge on any atom is -0.381 e. The van der Waals surface area contributed by atoms with Crippen molar-refractivity contribution in [2.45, 2.75) is 158 Å². The van der Waals surface area contributed by atoms with Crippen LogP contribution in [0.25, 0.3) is 0 Å². The molecule has 0 aromatic carbocycles. The topological polar surface area (TPSA) is 92.3 Å². The average molecular weight is 679 g/mol. The molecule has 0 N–H and O–H groups in total. The Morgan fingerprint density at radius 3 is 0.809 bits per heavy atom. The Morgan fingerprint density at radius 2 is 0.596 bits per heavy atom. The molecule has 0 aromatic rings. The zero-order valence-corrected chi connectivity index (χ0v) is 32.0. The third kappa shape index (κ3) is 21.2. The van der Waals surface area contributed by atoms with E-state index in [1.165, 1.54) is 19.3 Å². The number of hydrogen-bond acceptors (Lipinski definition) is 10. The van der Waals surface area contributed by atoms with Gasteiger partial charge in [-0.25, -0.2) is 0 Å². The van der Waals surface area contributed by atoms with Crippen molar-refractivity contribution in [3.63, 3.8) is 0 Å². The van der Waals surface area contributed by atoms with Crippen LogP contribution >= 0.6 is 0 Å². The largest absolute Gasteiger partial charge is 0.381 e. The van der Waals surface area contributed by atoms with Crippen LogP contribution in [0.3, 0.4) is 0 Å². The monoisotopic (exact) mass is 679 g/mol. The maximum atomic E-state index is 5.96. The van der Waals surface area contributed by atoms with Gasteiger partial charge < -0.3 is 47.4 Å². The van der Waals surface area contributed by atoms with E-state index in [2.05, 4.69) is 13.5 Å². The summed E-state index contributed by atoms with van der Waals surface area (Å²) in [6, 6.07) is 0. The summed E-state index contributed by atoms with van der Waals surface area (Å²) in [5.41, 5.74) is 0. The Hall–Kier alpha value is -0.660. The fourth-order valence-electron chi connectivity index (χ4n) is 6.38. The van der Waals surface area contributed by atoms with Gasteiger partial charge in [0.25, 0.3) is 0 Å². The molecule has 0 fully saturated rings. The fraction of sp³-hybridized carbons (Fsp3) is 0.946. The number of methoxy groups -OCH3 is 10. The van der Waals surface area contributed by atoms with Crippen molar-refractivity contribution >= 4 is 0 Å². The molecule has 0 aromatic heterocycles. The van der Waals surface area contributed by atoms with E-state index in [1.807, 2.05) is 6.08 Å². The van der Waals surface area contributed by atoms with Gasteiger partial charge in [-0.05, 0) is 64.2 Å². The maximum Gasteiger partial charge on any atom is 0.0630 e. The fourth-order valence-corrected chi connectivity index (χ4v) is 6.38. The molecule has 0 aliphatic heterocycles. The number of ether oxygens (including phenoxy) is 10. The highest BCUT2D eigenvalue weighted by Gasteiger charge is 2.29. The summed E-state index contributed by atoms with van der Waals surface area (Å²) in [5, 5.41) is 0. The van der Waals surface area contributed by atoms with Crippen LogP contribution in [0.4, 0.5) is 0 Å². The lowest BCUT2D eigenvalue weighted by Crippen LogP contribution is -2.34. The van der Waals surface area contributed by atoms with Crippen molar-refractivity contribution in [2.75, 3.05) is 71.1 Å². The molecule has 0 saturated carbocycles. The van der Waals surface area contributed by atoms with Crippen LogP contribution in [0.5, 0.6) is 0 Å². The van der Waals surface area contributed by atoms with E-state index < -0.39 is 0 Å². The molecule has 0 aliphatic rings. The second-order valence-corrected chi connectivity index (χ2v) is 12.7. The van der Waals surface area contributed by atoms with E-state index in [4.69, 9.17) is 47.4 Å². The molecular formula is C37H74O10. The molecule has 0 heterocycles. The second-order valence-electron chi connectivity index (χ2n) is 12.7. The van der Waals surface area contributed by atoms with Crippen molar-refractivity contribution < 1.29 is 47.4 Å². The molecule has 0 bridgehead atoms. The minimum atomic E-state index is -0.0571. The van der Waals surface area contributed by atoms with Crippen molar-refractivity contribution in [1.82, 2.24) is 0 Å². The summed E-state index contributed by atoms with van der Waals surface area (Å²) >= 11 is 0. The van der Waals surface area contributed by atoms with Gasteiger partial charge in [0, 0.05) is 77.5 Å². The molecule has 0 radical (unpaired) electrons. The maximum absolute atomic E-state index is 5.96. The predicted octanol–water partition coefficient (Wildman–Crippen LogP) is 6.80. The molecule has 0 amide bonds. The molecule has 47 heavy (non-hydrogen) atoms. The Labute approximate surface area is 288 Å². The van der Waals surface area contributed by atoms with Gasteiger partial charge >= 0.3 is 0 Å². The first-order valence-corrected chi connectivity index (χ1v) is 17.6. The zero-order chi connectivity index (χ0) is 35.5. The van der Waals surface area contributed by atoms with Gasteiger partial charge in [0.2, 0.25) is 0 Å². The lowest BCUT2D eigenvalue weighted by atomic mass is 9.94. The lowest BCUT2D eigenvalue weighted by molar-refractivity contribution is -0.0602. The van der Waals surface area contributed by atoms with Crippen LogP contribution < -0.4 is 0 Å². The number of hydrogen-bond donors (Lipinski definition) is 0. The Balaban J connectivity index is 5.21. The second kappa shape index (κ2) is 30.2. The van der Waals surface area contributed by atoms with Gasteiger partial charge in [0.05, 0.1) is 61.0 Å². The summed E-state index contributed by atoms with van der Waals surface area (Å²) in [6.45, 7) is 6.06. The molecule has 0 aliphatic carbocycles. The Morgan fingerprint density at radius 1 is 0.362 bits per heavy atom. The lowest BCUT2D eigenvalue weighted by Gasteiger charge is -2.31. The van der Waals surface area contributed by atoms with Crippen LogP contribution in [0.1, 0.15) is 96.8 Å². The van der Waals surface area contributed by atoms with E-state index in [-0.39, 0.29) is 61.0 Å². The Bertz CT molecular complexity index is 698. The molecular weight excluding hydrogens is 604 g/mol. The van der Waals surface area contributed by atoms with E-state index in [9.17, 15) is 0 Å². The standard InChI is InChI=1S/C37H74O10/c1-13-15-16-18-29(39-4)20-31(41-6)22-33(43-8)24-35(45-10)26-37(47-12)27-36(46-11)25-34(44-9)23-32(42-7)21-30(40-5)19-28(38-3)17-14-2/h14,28-37H,2,13,15-27H2,1,3-12H3/t28-,29+,30-,31+,32-,33+,34-,35+,36-,37+/m1/s1. The van der Waals surface area contributed by atoms with Crippen molar-refractivity contribution in [3.8, 4) is 0 Å². The molecule has 0 spiro atoms. The smallest absolute Gasteiger partial charge is 0.0630 e. The molecule has 0 rings (SSSR count). The number of unbranched alkanes of at least 4 members (excludes halogenated alkanes) is 2. The van der Waals surface area contributed by atoms with Gasteiger partial charge in [-0.1, -0.05) is 32.3 Å². The van der Waals surface area contributed by atoms with Crippen LogP contribution in [-0.4, -0.2) is 132 Å². The van der Waals surface area contributed by atoms with Gasteiger partial charge in [-0.3, -0.25) is 0 Å². The van der Waals surface area contributed by atoms with Crippen molar-refractivity contribution in [1.29, 1.82) is 0 Å². The summed E-state index contributed by atoms with van der Waals surface area (Å²) in [6.07, 6.45) is 14.1. The molecule has 282 valence electrons. The summed E-state index contributed by atoms with van der Waals surface area (Å²) < 4.78 is 58.6. The quantitative estimate of drug-likeness (QED) is 0.0534. The SMILES string of the molecule is C=CC[C@H](C[C@H](C[C@H](C[C@H](C[C@H](C[C@H](C[C@H](C[C@H](C[C@H](C[C@H](CCCCC)OC)OC)OC)OC)OC)OC)OC)OC)OC)OC. The molecule has 0 saturated heterocycles. The van der Waals surface area contributed by atoms with Crippen LogP contribution in [0.2, 0.25) is 0 Å². The summed E-state index contributed by atoms with van der Waals surface area (Å²) in [7, 11) is 17.5. The molecule has 0 unspecified atom stereocenters.